The van der Waals surface area contributed by atoms with Crippen molar-refractivity contribution in [1.29, 1.82) is 0 Å². The first-order chi connectivity index (χ1) is 2.27. The highest BCUT2D eigenvalue weighted by atomic mass is 32.1. The van der Waals surface area contributed by atoms with Crippen LogP contribution in [0.25, 0.3) is 0 Å². The number of quaternary nitrogens is 1. The van der Waals surface area contributed by atoms with Gasteiger partial charge in [0.15, 0.2) is 0 Å². The molecule has 1 unspecified atom stereocenters. The van der Waals surface area contributed by atoms with Crippen molar-refractivity contribution in [3.63, 3.8) is 0 Å². The summed E-state index contributed by atoms with van der Waals surface area (Å²) in [6.45, 7) is 2.94. The van der Waals surface area contributed by atoms with Crippen molar-refractivity contribution in [3.05, 3.63) is 0 Å². The van der Waals surface area contributed by atoms with Crippen LogP contribution in [0.2, 0.25) is 0 Å². The maximum absolute atomic E-state index is 4.04. The third-order valence-corrected chi connectivity index (χ3v) is 0.676. The van der Waals surface area contributed by atoms with Crippen molar-refractivity contribution < 1.29 is 5.73 Å². The Balaban J connectivity index is 2.54. The molecule has 0 aromatic rings. The lowest BCUT2D eigenvalue weighted by molar-refractivity contribution is -0.365. The second-order valence-electron chi connectivity index (χ2n) is 1.14. The number of thiol groups is 1. The van der Waals surface area contributed by atoms with Gasteiger partial charge >= 0.3 is 0 Å². The molecule has 0 fully saturated rings. The van der Waals surface area contributed by atoms with E-state index in [9.17, 15) is 0 Å². The molecule has 0 spiro atoms. The zero-order valence-corrected chi connectivity index (χ0v) is 4.33. The van der Waals surface area contributed by atoms with Crippen LogP contribution >= 0.6 is 12.6 Å². The molecule has 0 aliphatic carbocycles. The van der Waals surface area contributed by atoms with Crippen molar-refractivity contribution in [3.8, 4) is 0 Å². The van der Waals surface area contributed by atoms with Gasteiger partial charge in [0.2, 0.25) is 0 Å². The van der Waals surface area contributed by atoms with Gasteiger partial charge in [0.1, 0.15) is 0 Å². The molecule has 0 saturated heterocycles. The van der Waals surface area contributed by atoms with Gasteiger partial charge < -0.3 is 5.73 Å². The molecule has 3 N–H and O–H groups in total. The van der Waals surface area contributed by atoms with Crippen molar-refractivity contribution >= 4 is 12.6 Å². The molecule has 32 valence electrons. The summed E-state index contributed by atoms with van der Waals surface area (Å²) in [5.74, 6) is 0. The third-order valence-electron chi connectivity index (χ3n) is 0.418. The summed E-state index contributed by atoms with van der Waals surface area (Å²) in [6.07, 6.45) is 0. The molecule has 2 heteroatoms. The summed E-state index contributed by atoms with van der Waals surface area (Å²) in [7, 11) is 0. The van der Waals surface area contributed by atoms with Gasteiger partial charge in [0.05, 0.1) is 6.54 Å². The fourth-order valence-corrected chi connectivity index (χ4v) is 0. The predicted octanol–water partition coefficient (Wildman–Crippen LogP) is -0.453. The molecule has 0 bridgehead atoms. The Kier molecular flexibility index (Phi) is 2.70. The largest absolute Gasteiger partial charge is 0.357 e. The Hall–Kier alpha value is 0.310. The first-order valence-corrected chi connectivity index (χ1v) is 2.26. The minimum Gasteiger partial charge on any atom is -0.357 e. The van der Waals surface area contributed by atoms with E-state index in [2.05, 4.69) is 18.4 Å². The van der Waals surface area contributed by atoms with Crippen molar-refractivity contribution in [2.75, 3.05) is 6.54 Å². The van der Waals surface area contributed by atoms with Gasteiger partial charge in [-0.1, -0.05) is 0 Å². The molecule has 0 aliphatic heterocycles. The molecule has 0 aromatic carbocycles. The minimum absolute atomic E-state index is 0.468. The first kappa shape index (κ1) is 5.31. The van der Waals surface area contributed by atoms with E-state index in [-0.39, 0.29) is 0 Å². The lowest BCUT2D eigenvalue weighted by atomic mass is 10.5. The van der Waals surface area contributed by atoms with Crippen LogP contribution in [0.3, 0.4) is 0 Å². The SMILES string of the molecule is CC(S)C[NH3+]. The molecule has 1 nitrogen and oxygen atoms in total. The molecular formula is C3H10NS+. The lowest BCUT2D eigenvalue weighted by Gasteiger charge is -1.87. The van der Waals surface area contributed by atoms with E-state index in [1.54, 1.807) is 0 Å². The van der Waals surface area contributed by atoms with Crippen LogP contribution in [-0.4, -0.2) is 11.8 Å². The summed E-state index contributed by atoms with van der Waals surface area (Å²) in [4.78, 5) is 0. The highest BCUT2D eigenvalue weighted by Crippen LogP contribution is 1.82. The number of hydrogen-bond acceptors (Lipinski definition) is 1. The molecule has 0 rings (SSSR count). The van der Waals surface area contributed by atoms with E-state index in [4.69, 9.17) is 0 Å². The first-order valence-electron chi connectivity index (χ1n) is 1.74. The smallest absolute Gasteiger partial charge is 0.0855 e. The van der Waals surface area contributed by atoms with Crippen LogP contribution in [0.15, 0.2) is 0 Å². The average Bonchev–Trinajstić information content (AvgIpc) is 1.38. The van der Waals surface area contributed by atoms with Gasteiger partial charge in [-0.2, -0.15) is 12.6 Å². The maximum Gasteiger partial charge on any atom is 0.0855 e. The summed E-state index contributed by atoms with van der Waals surface area (Å²) >= 11 is 4.04. The lowest BCUT2D eigenvalue weighted by Crippen LogP contribution is -2.53. The van der Waals surface area contributed by atoms with E-state index >= 15 is 0 Å². The molecule has 0 aromatic heterocycles. The molecule has 5 heavy (non-hydrogen) atoms. The number of rotatable bonds is 1. The van der Waals surface area contributed by atoms with Gasteiger partial charge in [0, 0.05) is 5.25 Å². The fourth-order valence-electron chi connectivity index (χ4n) is 0. The summed E-state index contributed by atoms with van der Waals surface area (Å²) in [5, 5.41) is 0.468. The van der Waals surface area contributed by atoms with Gasteiger partial charge in [-0.3, -0.25) is 0 Å². The Morgan fingerprint density at radius 3 is 2.20 bits per heavy atom. The highest BCUT2D eigenvalue weighted by molar-refractivity contribution is 7.80. The van der Waals surface area contributed by atoms with E-state index in [1.165, 1.54) is 0 Å². The van der Waals surface area contributed by atoms with E-state index in [1.807, 2.05) is 6.92 Å². The van der Waals surface area contributed by atoms with E-state index in [0.29, 0.717) is 5.25 Å². The summed E-state index contributed by atoms with van der Waals surface area (Å²) in [6, 6.07) is 0. The zero-order valence-electron chi connectivity index (χ0n) is 3.44. The quantitative estimate of drug-likeness (QED) is 0.410. The molecule has 0 saturated carbocycles. The van der Waals surface area contributed by atoms with Crippen LogP contribution in [0.1, 0.15) is 6.92 Å². The highest BCUT2D eigenvalue weighted by Gasteiger charge is 1.84. The molecule has 0 aliphatic rings. The van der Waals surface area contributed by atoms with Gasteiger partial charge in [0.25, 0.3) is 0 Å². The van der Waals surface area contributed by atoms with Gasteiger partial charge in [-0.05, 0) is 6.92 Å². The van der Waals surface area contributed by atoms with Crippen molar-refractivity contribution in [2.24, 2.45) is 0 Å². The Labute approximate surface area is 38.0 Å². The second kappa shape index (κ2) is 2.54. The monoisotopic (exact) mass is 92.1 g/mol. The molecular weight excluding hydrogens is 82.1 g/mol. The number of hydrogen-bond donors (Lipinski definition) is 2. The molecule has 0 amide bonds. The Bertz CT molecular complexity index is 20.9. The van der Waals surface area contributed by atoms with Crippen molar-refractivity contribution in [1.82, 2.24) is 0 Å². The third kappa shape index (κ3) is 4.31. The summed E-state index contributed by atoms with van der Waals surface area (Å²) in [5.41, 5.74) is 3.61. The maximum atomic E-state index is 4.04. The summed E-state index contributed by atoms with van der Waals surface area (Å²) < 4.78 is 0. The van der Waals surface area contributed by atoms with Crippen LogP contribution in [0.5, 0.6) is 0 Å². The van der Waals surface area contributed by atoms with Crippen LogP contribution < -0.4 is 5.73 Å². The van der Waals surface area contributed by atoms with Crippen LogP contribution in [-0.2, 0) is 0 Å². The second-order valence-corrected chi connectivity index (χ2v) is 2.02. The van der Waals surface area contributed by atoms with Crippen molar-refractivity contribution in [2.45, 2.75) is 12.2 Å². The van der Waals surface area contributed by atoms with Gasteiger partial charge in [-0.15, -0.1) is 0 Å². The molecule has 0 heterocycles. The topological polar surface area (TPSA) is 27.6 Å². The average molecular weight is 92.2 g/mol. The minimum atomic E-state index is 0.468. The standard InChI is InChI=1S/C3H9NS/c1-3(5)2-4/h3,5H,2,4H2,1H3/p+1. The molecule has 0 radical (unpaired) electrons. The van der Waals surface area contributed by atoms with Crippen LogP contribution in [0, 0.1) is 0 Å². The zero-order chi connectivity index (χ0) is 4.28. The fraction of sp³-hybridized carbons (Fsp3) is 1.00. The van der Waals surface area contributed by atoms with E-state index in [0.717, 1.165) is 6.54 Å². The Morgan fingerprint density at radius 2 is 2.20 bits per heavy atom. The van der Waals surface area contributed by atoms with Gasteiger partial charge in [-0.25, -0.2) is 0 Å². The molecule has 1 atom stereocenters. The van der Waals surface area contributed by atoms with E-state index < -0.39 is 0 Å². The predicted molar refractivity (Wildman–Crippen MR) is 26.2 cm³/mol. The Morgan fingerprint density at radius 1 is 2.00 bits per heavy atom. The van der Waals surface area contributed by atoms with Crippen LogP contribution in [0.4, 0.5) is 0 Å². The normalized spacial score (nSPS) is 15.0.